The lowest BCUT2D eigenvalue weighted by molar-refractivity contribution is -0.895. The first-order chi connectivity index (χ1) is 13.5. The van der Waals surface area contributed by atoms with E-state index in [1.165, 1.54) is 21.5 Å². The zero-order valence-electron chi connectivity index (χ0n) is 15.9. The Kier molecular flexibility index (Phi) is 5.57. The Bertz CT molecular complexity index is 1060. The summed E-state index contributed by atoms with van der Waals surface area (Å²) in [7, 11) is 2.17. The van der Waals surface area contributed by atoms with Crippen molar-refractivity contribution < 1.29 is 15.1 Å². The minimum atomic E-state index is -0.849. The quantitative estimate of drug-likeness (QED) is 0.421. The van der Waals surface area contributed by atoms with Crippen LogP contribution in [0.25, 0.3) is 15.9 Å². The molecule has 3 heterocycles. The van der Waals surface area contributed by atoms with Crippen LogP contribution >= 0.6 is 23.1 Å². The number of hydrogen-bond acceptors (Lipinski definition) is 6. The number of benzene rings is 1. The van der Waals surface area contributed by atoms with Crippen molar-refractivity contribution >= 4 is 33.3 Å². The molecule has 6 nitrogen and oxygen atoms in total. The molecule has 8 heteroatoms. The highest BCUT2D eigenvalue weighted by atomic mass is 32.2. The molecule has 28 heavy (non-hydrogen) atoms. The Morgan fingerprint density at radius 3 is 2.82 bits per heavy atom. The monoisotopic (exact) mass is 418 g/mol. The van der Waals surface area contributed by atoms with Crippen LogP contribution in [-0.2, 0) is 13.0 Å². The minimum absolute atomic E-state index is 0.0492. The molecule has 1 aromatic carbocycles. The van der Waals surface area contributed by atoms with Gasteiger partial charge in [0, 0.05) is 12.2 Å². The van der Waals surface area contributed by atoms with Gasteiger partial charge in [-0.15, -0.1) is 11.3 Å². The summed E-state index contributed by atoms with van der Waals surface area (Å²) in [4.78, 5) is 21.8. The summed E-state index contributed by atoms with van der Waals surface area (Å²) in [6, 6.07) is 7.80. The van der Waals surface area contributed by atoms with Crippen LogP contribution in [-0.4, -0.2) is 51.8 Å². The van der Waals surface area contributed by atoms with Gasteiger partial charge in [-0.05, 0) is 24.6 Å². The number of hydrogen-bond donors (Lipinski definition) is 3. The lowest BCUT2D eigenvalue weighted by Gasteiger charge is -2.19. The average molecular weight is 419 g/mol. The summed E-state index contributed by atoms with van der Waals surface area (Å²) in [5.74, 6) is 0.276. The second kappa shape index (κ2) is 7.96. The van der Waals surface area contributed by atoms with Crippen molar-refractivity contribution in [1.29, 1.82) is 0 Å². The maximum atomic E-state index is 13.6. The second-order valence-corrected chi connectivity index (χ2v) is 9.41. The van der Waals surface area contributed by atoms with E-state index in [-0.39, 0.29) is 17.9 Å². The molecule has 0 saturated heterocycles. The first kappa shape index (κ1) is 19.6. The molecule has 0 aliphatic carbocycles. The molecule has 0 radical (unpaired) electrons. The molecule has 1 aliphatic heterocycles. The fourth-order valence-corrected chi connectivity index (χ4v) is 5.78. The molecule has 1 unspecified atom stereocenters. The van der Waals surface area contributed by atoms with E-state index in [0.717, 1.165) is 46.5 Å². The van der Waals surface area contributed by atoms with Gasteiger partial charge in [-0.1, -0.05) is 29.5 Å². The van der Waals surface area contributed by atoms with Gasteiger partial charge in [-0.2, -0.15) is 0 Å². The molecule has 3 N–H and O–H groups in total. The van der Waals surface area contributed by atoms with Crippen molar-refractivity contribution in [2.45, 2.75) is 31.1 Å². The van der Waals surface area contributed by atoms with E-state index in [9.17, 15) is 9.90 Å². The van der Waals surface area contributed by atoms with Crippen molar-refractivity contribution in [3.05, 3.63) is 50.6 Å². The number of aliphatic hydroxyl groups is 2. The van der Waals surface area contributed by atoms with E-state index in [1.807, 2.05) is 31.2 Å². The fraction of sp³-hybridized carbons (Fsp3) is 0.400. The topological polar surface area (TPSA) is 79.8 Å². The highest BCUT2D eigenvalue weighted by molar-refractivity contribution is 7.99. The van der Waals surface area contributed by atoms with E-state index >= 15 is 0 Å². The largest absolute Gasteiger partial charge is 0.394 e. The third kappa shape index (κ3) is 3.62. The summed E-state index contributed by atoms with van der Waals surface area (Å²) in [6.45, 7) is 3.63. The van der Waals surface area contributed by atoms with Crippen LogP contribution in [0.2, 0.25) is 0 Å². The number of quaternary nitrogens is 1. The smallest absolute Gasteiger partial charge is 0.267 e. The van der Waals surface area contributed by atoms with Crippen molar-refractivity contribution in [2.24, 2.45) is 0 Å². The Labute approximate surface area is 171 Å². The predicted octanol–water partition coefficient (Wildman–Crippen LogP) is 0.772. The number of likely N-dealkylation sites (N-methyl/N-ethyl adjacent to an activating group) is 1. The number of nitrogens with one attached hydrogen (secondary N) is 1. The van der Waals surface area contributed by atoms with Gasteiger partial charge in [0.1, 0.15) is 11.4 Å². The molecular formula is C20H24N3O3S2+. The molecule has 1 aliphatic rings. The zero-order chi connectivity index (χ0) is 19.8. The van der Waals surface area contributed by atoms with E-state index in [2.05, 4.69) is 7.05 Å². The average Bonchev–Trinajstić information content (AvgIpc) is 3.04. The lowest BCUT2D eigenvalue weighted by Crippen LogP contribution is -3.08. The van der Waals surface area contributed by atoms with Crippen LogP contribution in [0.3, 0.4) is 0 Å². The van der Waals surface area contributed by atoms with Crippen LogP contribution in [0.1, 0.15) is 16.0 Å². The summed E-state index contributed by atoms with van der Waals surface area (Å²) >= 11 is 2.91. The number of thioether (sulfide) groups is 1. The van der Waals surface area contributed by atoms with Gasteiger partial charge in [0.25, 0.3) is 5.56 Å². The van der Waals surface area contributed by atoms with Crippen molar-refractivity contribution in [3.8, 4) is 5.69 Å². The van der Waals surface area contributed by atoms with Crippen LogP contribution in [0.15, 0.2) is 34.2 Å². The van der Waals surface area contributed by atoms with Gasteiger partial charge in [0.15, 0.2) is 5.16 Å². The molecule has 0 bridgehead atoms. The molecule has 0 amide bonds. The van der Waals surface area contributed by atoms with Crippen molar-refractivity contribution in [1.82, 2.24) is 9.55 Å². The first-order valence-electron chi connectivity index (χ1n) is 9.35. The predicted molar refractivity (Wildman–Crippen MR) is 113 cm³/mol. The zero-order valence-corrected chi connectivity index (χ0v) is 17.6. The standard InChI is InChI=1S/C20H23N3O3S2/c1-12-3-5-13(6-4-12)23-19(26)17-15-7-8-22(2)9-16(15)28-18(17)21-20(23)27-11-14(25)10-24/h3-6,14,24-25H,7-11H2,1-2H3/p+1/t14-/m0/s1. The molecule has 4 rings (SSSR count). The maximum absolute atomic E-state index is 13.6. The molecule has 2 aromatic heterocycles. The molecule has 0 saturated carbocycles. The Hall–Kier alpha value is -1.71. The first-order valence-corrected chi connectivity index (χ1v) is 11.2. The SMILES string of the molecule is Cc1ccc(-n2c(SC[C@@H](O)CO)nc3sc4c(c3c2=O)CC[NH+](C)C4)cc1. The molecule has 0 spiro atoms. The fourth-order valence-electron chi connectivity index (χ4n) is 3.48. The number of rotatable bonds is 5. The number of aryl methyl sites for hydroxylation is 1. The Morgan fingerprint density at radius 1 is 1.36 bits per heavy atom. The number of nitrogens with zero attached hydrogens (tertiary/aromatic N) is 2. The number of fused-ring (bicyclic) bond motifs is 3. The summed E-state index contributed by atoms with van der Waals surface area (Å²) in [5.41, 5.74) is 2.99. The molecule has 148 valence electrons. The van der Waals surface area contributed by atoms with Crippen LogP contribution in [0.4, 0.5) is 0 Å². The third-order valence-corrected chi connectivity index (χ3v) is 7.26. The summed E-state index contributed by atoms with van der Waals surface area (Å²) in [6.07, 6.45) is 0.0414. The highest BCUT2D eigenvalue weighted by Gasteiger charge is 2.26. The van der Waals surface area contributed by atoms with Gasteiger partial charge in [-0.3, -0.25) is 9.36 Å². The van der Waals surface area contributed by atoms with Crippen molar-refractivity contribution in [2.75, 3.05) is 26.0 Å². The van der Waals surface area contributed by atoms with Gasteiger partial charge >= 0.3 is 0 Å². The third-order valence-electron chi connectivity index (χ3n) is 5.05. The van der Waals surface area contributed by atoms with E-state index in [0.29, 0.717) is 5.16 Å². The van der Waals surface area contributed by atoms with E-state index < -0.39 is 6.10 Å². The lowest BCUT2D eigenvalue weighted by atomic mass is 10.1. The van der Waals surface area contributed by atoms with E-state index in [4.69, 9.17) is 10.1 Å². The van der Waals surface area contributed by atoms with Crippen LogP contribution in [0.5, 0.6) is 0 Å². The van der Waals surface area contributed by atoms with Gasteiger partial charge in [0.05, 0.1) is 42.3 Å². The Morgan fingerprint density at radius 2 is 2.11 bits per heavy atom. The molecule has 2 atom stereocenters. The van der Waals surface area contributed by atoms with Gasteiger partial charge in [0.2, 0.25) is 0 Å². The molecule has 0 fully saturated rings. The summed E-state index contributed by atoms with van der Waals surface area (Å²) in [5, 5.41) is 20.2. The van der Waals surface area contributed by atoms with Gasteiger partial charge in [-0.25, -0.2) is 4.98 Å². The van der Waals surface area contributed by atoms with Crippen molar-refractivity contribution in [3.63, 3.8) is 0 Å². The minimum Gasteiger partial charge on any atom is -0.394 e. The molecule has 3 aromatic rings. The number of aliphatic hydroxyl groups excluding tert-OH is 2. The second-order valence-electron chi connectivity index (χ2n) is 7.34. The number of thiophene rings is 1. The van der Waals surface area contributed by atoms with E-state index in [1.54, 1.807) is 15.9 Å². The maximum Gasteiger partial charge on any atom is 0.267 e. The van der Waals surface area contributed by atoms with Crippen LogP contribution < -0.4 is 10.5 Å². The van der Waals surface area contributed by atoms with Gasteiger partial charge < -0.3 is 15.1 Å². The number of aromatic nitrogens is 2. The normalized spacial score (nSPS) is 17.6. The summed E-state index contributed by atoms with van der Waals surface area (Å²) < 4.78 is 1.65. The molecular weight excluding hydrogens is 394 g/mol. The van der Waals surface area contributed by atoms with Crippen LogP contribution in [0, 0.1) is 6.92 Å². The highest BCUT2D eigenvalue weighted by Crippen LogP contribution is 2.31. The Balaban J connectivity index is 1.91.